The van der Waals surface area contributed by atoms with Gasteiger partial charge in [0, 0.05) is 32.7 Å². The van der Waals surface area contributed by atoms with Crippen molar-refractivity contribution in [2.24, 2.45) is 0 Å². The number of fused-ring (bicyclic) bond motifs is 6. The Morgan fingerprint density at radius 2 is 0.940 bits per heavy atom. The van der Waals surface area contributed by atoms with E-state index in [9.17, 15) is 15.8 Å². The number of para-hydroxylation sites is 4. The summed E-state index contributed by atoms with van der Waals surface area (Å²) in [6, 6.07) is 57.8. The molecule has 0 aliphatic carbocycles. The standard InChI is InChI=1S/C45H25N5/c46-26-29-23-24-44-38(25-29)37-18-9-11-30(27-47)45(37)50(44)43-22-10-17-33(39(43)28-48)31-12-1-2-13-32(31)34-14-3-6-19-40(34)49-41-20-7-4-15-35(41)36-16-5-8-21-42(36)49/h1-25H. The summed E-state index contributed by atoms with van der Waals surface area (Å²) in [6.45, 7) is 0. The van der Waals surface area contributed by atoms with Crippen LogP contribution in [0.2, 0.25) is 0 Å². The molecule has 230 valence electrons. The second-order valence-corrected chi connectivity index (χ2v) is 12.2. The average molecular weight is 636 g/mol. The van der Waals surface area contributed by atoms with Crippen molar-refractivity contribution in [1.29, 1.82) is 15.8 Å². The molecule has 5 nitrogen and oxygen atoms in total. The summed E-state index contributed by atoms with van der Waals surface area (Å²) < 4.78 is 4.33. The minimum atomic E-state index is 0.491. The molecule has 2 aromatic heterocycles. The molecule has 50 heavy (non-hydrogen) atoms. The van der Waals surface area contributed by atoms with Crippen LogP contribution < -0.4 is 0 Å². The van der Waals surface area contributed by atoms with Crippen LogP contribution in [0, 0.1) is 34.0 Å². The van der Waals surface area contributed by atoms with E-state index in [1.807, 2.05) is 59.2 Å². The van der Waals surface area contributed by atoms with Crippen molar-refractivity contribution in [2.45, 2.75) is 0 Å². The summed E-state index contributed by atoms with van der Waals surface area (Å²) in [5.74, 6) is 0. The molecule has 9 rings (SSSR count). The van der Waals surface area contributed by atoms with E-state index < -0.39 is 0 Å². The van der Waals surface area contributed by atoms with E-state index in [1.54, 1.807) is 12.1 Å². The van der Waals surface area contributed by atoms with Crippen LogP contribution in [0.25, 0.3) is 77.2 Å². The Kier molecular flexibility index (Phi) is 6.56. The van der Waals surface area contributed by atoms with Gasteiger partial charge in [-0.3, -0.25) is 0 Å². The van der Waals surface area contributed by atoms with Crippen LogP contribution in [-0.4, -0.2) is 9.13 Å². The maximum absolute atomic E-state index is 10.9. The molecule has 0 N–H and O–H groups in total. The van der Waals surface area contributed by atoms with Gasteiger partial charge < -0.3 is 9.13 Å². The quantitative estimate of drug-likeness (QED) is 0.193. The van der Waals surface area contributed by atoms with E-state index in [0.717, 1.165) is 55.3 Å². The first kappa shape index (κ1) is 28.8. The molecule has 2 heterocycles. The molecular formula is C45H25N5. The second-order valence-electron chi connectivity index (χ2n) is 12.2. The highest BCUT2D eigenvalue weighted by atomic mass is 15.0. The maximum atomic E-state index is 10.9. The zero-order chi connectivity index (χ0) is 33.8. The van der Waals surface area contributed by atoms with E-state index in [0.29, 0.717) is 27.9 Å². The first-order valence-corrected chi connectivity index (χ1v) is 16.3. The Morgan fingerprint density at radius 1 is 0.380 bits per heavy atom. The lowest BCUT2D eigenvalue weighted by molar-refractivity contribution is 1.16. The molecule has 0 spiro atoms. The SMILES string of the molecule is N#Cc1ccc2c(c1)c1cccc(C#N)c1n2-c1cccc(-c2ccccc2-c2ccccc2-n2c3ccccc3c3ccccc32)c1C#N. The van der Waals surface area contributed by atoms with Gasteiger partial charge in [0.05, 0.1) is 56.2 Å². The lowest BCUT2D eigenvalue weighted by Crippen LogP contribution is -2.02. The lowest BCUT2D eigenvalue weighted by atomic mass is 9.90. The third kappa shape index (κ3) is 4.17. The van der Waals surface area contributed by atoms with Gasteiger partial charge >= 0.3 is 0 Å². The Balaban J connectivity index is 1.32. The molecule has 9 aromatic rings. The summed E-state index contributed by atoms with van der Waals surface area (Å²) in [5, 5.41) is 34.9. The number of rotatable bonds is 4. The summed E-state index contributed by atoms with van der Waals surface area (Å²) in [6.07, 6.45) is 0. The molecule has 0 amide bonds. The van der Waals surface area contributed by atoms with Crippen molar-refractivity contribution in [1.82, 2.24) is 9.13 Å². The fraction of sp³-hybridized carbons (Fsp3) is 0. The third-order valence-electron chi connectivity index (χ3n) is 9.66. The van der Waals surface area contributed by atoms with Crippen LogP contribution in [0.3, 0.4) is 0 Å². The van der Waals surface area contributed by atoms with Gasteiger partial charge in [-0.25, -0.2) is 0 Å². The largest absolute Gasteiger partial charge is 0.309 e. The fourth-order valence-electron chi connectivity index (χ4n) is 7.58. The van der Waals surface area contributed by atoms with Crippen molar-refractivity contribution >= 4 is 43.6 Å². The fourth-order valence-corrected chi connectivity index (χ4v) is 7.58. The van der Waals surface area contributed by atoms with Gasteiger partial charge in [0.25, 0.3) is 0 Å². The van der Waals surface area contributed by atoms with Crippen LogP contribution in [-0.2, 0) is 0 Å². The molecule has 5 heteroatoms. The Labute approximate surface area is 287 Å². The molecule has 0 unspecified atom stereocenters. The normalized spacial score (nSPS) is 11.1. The molecular weight excluding hydrogens is 611 g/mol. The number of aromatic nitrogens is 2. The van der Waals surface area contributed by atoms with Crippen LogP contribution >= 0.6 is 0 Å². The molecule has 0 saturated carbocycles. The number of nitriles is 3. The van der Waals surface area contributed by atoms with Gasteiger partial charge in [-0.2, -0.15) is 15.8 Å². The van der Waals surface area contributed by atoms with E-state index in [-0.39, 0.29) is 0 Å². The van der Waals surface area contributed by atoms with E-state index in [2.05, 4.69) is 108 Å². The van der Waals surface area contributed by atoms with Crippen LogP contribution in [0.1, 0.15) is 16.7 Å². The van der Waals surface area contributed by atoms with Gasteiger partial charge in [-0.15, -0.1) is 0 Å². The van der Waals surface area contributed by atoms with Crippen LogP contribution in [0.4, 0.5) is 0 Å². The predicted octanol–water partition coefficient (Wildman–Crippen LogP) is 10.8. The summed E-state index contributed by atoms with van der Waals surface area (Å²) >= 11 is 0. The van der Waals surface area contributed by atoms with Crippen molar-refractivity contribution in [3.05, 3.63) is 168 Å². The number of nitrogens with zero attached hydrogens (tertiary/aromatic N) is 5. The first-order chi connectivity index (χ1) is 24.7. The number of benzene rings is 7. The van der Waals surface area contributed by atoms with Gasteiger partial charge in [0.15, 0.2) is 0 Å². The van der Waals surface area contributed by atoms with Gasteiger partial charge in [-0.1, -0.05) is 103 Å². The highest BCUT2D eigenvalue weighted by Gasteiger charge is 2.22. The smallest absolute Gasteiger partial charge is 0.102 e. The van der Waals surface area contributed by atoms with Gasteiger partial charge in [0.1, 0.15) is 12.1 Å². The monoisotopic (exact) mass is 635 g/mol. The second kappa shape index (κ2) is 11.4. The zero-order valence-electron chi connectivity index (χ0n) is 26.7. The van der Waals surface area contributed by atoms with Gasteiger partial charge in [-0.05, 0) is 59.7 Å². The summed E-state index contributed by atoms with van der Waals surface area (Å²) in [7, 11) is 0. The molecule has 7 aromatic carbocycles. The molecule has 0 aliphatic rings. The molecule has 0 atom stereocenters. The number of hydrogen-bond donors (Lipinski definition) is 0. The maximum Gasteiger partial charge on any atom is 0.102 e. The van der Waals surface area contributed by atoms with Crippen molar-refractivity contribution in [3.8, 4) is 51.8 Å². The van der Waals surface area contributed by atoms with Crippen molar-refractivity contribution in [3.63, 3.8) is 0 Å². The summed E-state index contributed by atoms with van der Waals surface area (Å²) in [4.78, 5) is 0. The highest BCUT2D eigenvalue weighted by Crippen LogP contribution is 2.42. The Bertz CT molecular complexity index is 2920. The summed E-state index contributed by atoms with van der Waals surface area (Å²) in [5.41, 5.74) is 10.7. The molecule has 0 bridgehead atoms. The third-order valence-corrected chi connectivity index (χ3v) is 9.66. The predicted molar refractivity (Wildman–Crippen MR) is 200 cm³/mol. The zero-order valence-corrected chi connectivity index (χ0v) is 26.7. The molecule has 0 aliphatic heterocycles. The van der Waals surface area contributed by atoms with Crippen molar-refractivity contribution < 1.29 is 0 Å². The molecule has 0 saturated heterocycles. The first-order valence-electron chi connectivity index (χ1n) is 16.3. The van der Waals surface area contributed by atoms with E-state index >= 15 is 0 Å². The van der Waals surface area contributed by atoms with E-state index in [4.69, 9.17) is 0 Å². The number of hydrogen-bond acceptors (Lipinski definition) is 3. The van der Waals surface area contributed by atoms with Gasteiger partial charge in [0.2, 0.25) is 0 Å². The minimum Gasteiger partial charge on any atom is -0.309 e. The molecule has 0 fully saturated rings. The Morgan fingerprint density at radius 3 is 1.64 bits per heavy atom. The Hall–Kier alpha value is -7.39. The average Bonchev–Trinajstić information content (AvgIpc) is 3.70. The van der Waals surface area contributed by atoms with Crippen molar-refractivity contribution in [2.75, 3.05) is 0 Å². The van der Waals surface area contributed by atoms with E-state index in [1.165, 1.54) is 10.8 Å². The topological polar surface area (TPSA) is 81.2 Å². The lowest BCUT2D eigenvalue weighted by Gasteiger charge is -2.19. The highest BCUT2D eigenvalue weighted by molar-refractivity contribution is 6.12. The van der Waals surface area contributed by atoms with Crippen LogP contribution in [0.15, 0.2) is 152 Å². The minimum absolute atomic E-state index is 0.491. The molecule has 0 radical (unpaired) electrons. The van der Waals surface area contributed by atoms with Crippen LogP contribution in [0.5, 0.6) is 0 Å².